The first-order chi connectivity index (χ1) is 7.63. The van der Waals surface area contributed by atoms with Crippen molar-refractivity contribution < 1.29 is 9.90 Å². The zero-order chi connectivity index (χ0) is 11.7. The molecule has 3 nitrogen and oxygen atoms in total. The summed E-state index contributed by atoms with van der Waals surface area (Å²) in [7, 11) is 0. The van der Waals surface area contributed by atoms with Gasteiger partial charge in [-0.2, -0.15) is 0 Å². The Morgan fingerprint density at radius 3 is 2.94 bits per heavy atom. The summed E-state index contributed by atoms with van der Waals surface area (Å²) in [5.41, 5.74) is 4.35. The molecule has 1 aliphatic rings. The molecule has 1 unspecified atom stereocenters. The van der Waals surface area contributed by atoms with Crippen LogP contribution in [-0.4, -0.2) is 17.6 Å². The van der Waals surface area contributed by atoms with E-state index in [9.17, 15) is 9.90 Å². The van der Waals surface area contributed by atoms with Crippen LogP contribution in [-0.2, 0) is 11.2 Å². The first kappa shape index (κ1) is 11.0. The molecule has 0 bridgehead atoms. The number of fused-ring (bicyclic) bond motifs is 1. The van der Waals surface area contributed by atoms with Crippen LogP contribution in [0.15, 0.2) is 12.1 Å². The Balaban J connectivity index is 2.53. The van der Waals surface area contributed by atoms with Gasteiger partial charge in [-0.25, -0.2) is 0 Å². The van der Waals surface area contributed by atoms with Gasteiger partial charge in [0.05, 0.1) is 5.92 Å². The Morgan fingerprint density at radius 2 is 2.31 bits per heavy atom. The second-order valence-corrected chi connectivity index (χ2v) is 4.34. The minimum atomic E-state index is -0.713. The van der Waals surface area contributed by atoms with Gasteiger partial charge in [-0.1, -0.05) is 19.1 Å². The van der Waals surface area contributed by atoms with E-state index >= 15 is 0 Å². The average molecular weight is 219 g/mol. The number of nitrogens with one attached hydrogen (secondary N) is 1. The Hall–Kier alpha value is -1.51. The quantitative estimate of drug-likeness (QED) is 0.803. The predicted molar refractivity (Wildman–Crippen MR) is 64.0 cm³/mol. The van der Waals surface area contributed by atoms with Crippen molar-refractivity contribution in [3.63, 3.8) is 0 Å². The number of hydrogen-bond acceptors (Lipinski definition) is 2. The molecular weight excluding hydrogens is 202 g/mol. The van der Waals surface area contributed by atoms with Crippen LogP contribution in [0.2, 0.25) is 0 Å². The van der Waals surface area contributed by atoms with Gasteiger partial charge in [-0.15, -0.1) is 0 Å². The second kappa shape index (κ2) is 4.16. The summed E-state index contributed by atoms with van der Waals surface area (Å²) in [5, 5.41) is 12.5. The maximum atomic E-state index is 11.2. The van der Waals surface area contributed by atoms with Crippen LogP contribution in [0.4, 0.5) is 5.69 Å². The smallest absolute Gasteiger partial charge is 0.311 e. The molecule has 0 amide bonds. The Kier molecular flexibility index (Phi) is 2.86. The molecule has 0 aliphatic carbocycles. The molecule has 1 aromatic rings. The Bertz CT molecular complexity index is 426. The molecule has 0 radical (unpaired) electrons. The lowest BCUT2D eigenvalue weighted by Crippen LogP contribution is -2.23. The first-order valence-electron chi connectivity index (χ1n) is 5.73. The lowest BCUT2D eigenvalue weighted by molar-refractivity contribution is -0.138. The number of carboxylic acid groups (broad SMARTS) is 1. The van der Waals surface area contributed by atoms with Crippen molar-refractivity contribution in [2.75, 3.05) is 11.9 Å². The molecular formula is C13H17NO2. The number of benzene rings is 1. The van der Waals surface area contributed by atoms with Crippen molar-refractivity contribution >= 4 is 11.7 Å². The zero-order valence-corrected chi connectivity index (χ0v) is 9.71. The molecule has 0 saturated carbocycles. The highest BCUT2D eigenvalue weighted by Crippen LogP contribution is 2.35. The molecule has 1 aliphatic heterocycles. The van der Waals surface area contributed by atoms with Crippen LogP contribution in [0.3, 0.4) is 0 Å². The normalized spacial score (nSPS) is 18.8. The molecule has 0 aromatic heterocycles. The van der Waals surface area contributed by atoms with E-state index in [1.807, 2.05) is 13.0 Å². The van der Waals surface area contributed by atoms with Crippen LogP contribution in [0, 0.1) is 6.92 Å². The van der Waals surface area contributed by atoms with E-state index in [0.717, 1.165) is 29.8 Å². The SMILES string of the molecule is CCc1cc(C)c2c(c1)C(C(=O)O)CCN2. The molecule has 0 fully saturated rings. The van der Waals surface area contributed by atoms with E-state index in [1.165, 1.54) is 5.56 Å². The summed E-state index contributed by atoms with van der Waals surface area (Å²) in [6, 6.07) is 4.17. The highest BCUT2D eigenvalue weighted by atomic mass is 16.4. The molecule has 0 spiro atoms. The third-order valence-corrected chi connectivity index (χ3v) is 3.24. The molecule has 1 aromatic carbocycles. The van der Waals surface area contributed by atoms with E-state index < -0.39 is 5.97 Å². The predicted octanol–water partition coefficient (Wildman–Crippen LogP) is 2.54. The summed E-state index contributed by atoms with van der Waals surface area (Å²) in [6.07, 6.45) is 1.62. The summed E-state index contributed by atoms with van der Waals surface area (Å²) in [5.74, 6) is -1.06. The third kappa shape index (κ3) is 1.77. The summed E-state index contributed by atoms with van der Waals surface area (Å²) >= 11 is 0. The fraction of sp³-hybridized carbons (Fsp3) is 0.462. The first-order valence-corrected chi connectivity index (χ1v) is 5.73. The molecule has 1 atom stereocenters. The minimum absolute atomic E-state index is 0.346. The number of hydrogen-bond donors (Lipinski definition) is 2. The van der Waals surface area contributed by atoms with Gasteiger partial charge in [0, 0.05) is 12.2 Å². The van der Waals surface area contributed by atoms with E-state index in [2.05, 4.69) is 18.3 Å². The van der Waals surface area contributed by atoms with Crippen LogP contribution in [0.1, 0.15) is 36.0 Å². The average Bonchev–Trinajstić information content (AvgIpc) is 2.28. The van der Waals surface area contributed by atoms with Gasteiger partial charge in [0.15, 0.2) is 0 Å². The molecule has 2 rings (SSSR count). The number of anilines is 1. The molecule has 2 N–H and O–H groups in total. The van der Waals surface area contributed by atoms with E-state index in [4.69, 9.17) is 0 Å². The highest BCUT2D eigenvalue weighted by Gasteiger charge is 2.27. The number of aliphatic carboxylic acids is 1. The summed E-state index contributed by atoms with van der Waals surface area (Å²) < 4.78 is 0. The lowest BCUT2D eigenvalue weighted by atomic mass is 9.87. The third-order valence-electron chi connectivity index (χ3n) is 3.24. The number of aryl methyl sites for hydroxylation is 2. The standard InChI is InChI=1S/C13H17NO2/c1-3-9-6-8(2)12-11(7-9)10(13(15)16)4-5-14-12/h6-7,10,14H,3-5H2,1-2H3,(H,15,16). The van der Waals surface area contributed by atoms with E-state index in [0.29, 0.717) is 6.42 Å². The van der Waals surface area contributed by atoms with Crippen molar-refractivity contribution in [2.45, 2.75) is 32.6 Å². The minimum Gasteiger partial charge on any atom is -0.481 e. The highest BCUT2D eigenvalue weighted by molar-refractivity contribution is 5.81. The van der Waals surface area contributed by atoms with Crippen molar-refractivity contribution in [1.29, 1.82) is 0 Å². The Labute approximate surface area is 95.5 Å². The fourth-order valence-electron chi connectivity index (χ4n) is 2.37. The molecule has 1 heterocycles. The maximum Gasteiger partial charge on any atom is 0.311 e. The molecule has 16 heavy (non-hydrogen) atoms. The maximum absolute atomic E-state index is 11.2. The van der Waals surface area contributed by atoms with Gasteiger partial charge >= 0.3 is 5.97 Å². The van der Waals surface area contributed by atoms with E-state index in [1.54, 1.807) is 0 Å². The van der Waals surface area contributed by atoms with Gasteiger partial charge < -0.3 is 10.4 Å². The van der Waals surface area contributed by atoms with Gasteiger partial charge in [0.25, 0.3) is 0 Å². The van der Waals surface area contributed by atoms with Crippen molar-refractivity contribution in [3.05, 3.63) is 28.8 Å². The molecule has 86 valence electrons. The molecule has 0 saturated heterocycles. The van der Waals surface area contributed by atoms with Crippen LogP contribution in [0.5, 0.6) is 0 Å². The van der Waals surface area contributed by atoms with Crippen LogP contribution in [0.25, 0.3) is 0 Å². The largest absolute Gasteiger partial charge is 0.481 e. The summed E-state index contributed by atoms with van der Waals surface area (Å²) in [6.45, 7) is 4.87. The zero-order valence-electron chi connectivity index (χ0n) is 9.71. The van der Waals surface area contributed by atoms with Crippen LogP contribution < -0.4 is 5.32 Å². The van der Waals surface area contributed by atoms with Crippen LogP contribution >= 0.6 is 0 Å². The second-order valence-electron chi connectivity index (χ2n) is 4.34. The Morgan fingerprint density at radius 1 is 1.56 bits per heavy atom. The van der Waals surface area contributed by atoms with Gasteiger partial charge in [-0.05, 0) is 36.5 Å². The number of carbonyl (C=O) groups is 1. The monoisotopic (exact) mass is 219 g/mol. The number of carboxylic acids is 1. The van der Waals surface area contributed by atoms with Crippen molar-refractivity contribution in [2.24, 2.45) is 0 Å². The van der Waals surface area contributed by atoms with E-state index in [-0.39, 0.29) is 5.92 Å². The fourth-order valence-corrected chi connectivity index (χ4v) is 2.37. The topological polar surface area (TPSA) is 49.3 Å². The summed E-state index contributed by atoms with van der Waals surface area (Å²) in [4.78, 5) is 11.2. The number of rotatable bonds is 2. The lowest BCUT2D eigenvalue weighted by Gasteiger charge is -2.26. The van der Waals surface area contributed by atoms with Gasteiger partial charge in [0.2, 0.25) is 0 Å². The van der Waals surface area contributed by atoms with Gasteiger partial charge in [-0.3, -0.25) is 4.79 Å². The molecule has 3 heteroatoms. The van der Waals surface area contributed by atoms with Crippen molar-refractivity contribution in [1.82, 2.24) is 0 Å². The van der Waals surface area contributed by atoms with Gasteiger partial charge in [0.1, 0.15) is 0 Å². The van der Waals surface area contributed by atoms with Crippen molar-refractivity contribution in [3.8, 4) is 0 Å².